The standard InChI is InChI=1S/C16H17N3O/c1-12-3-4-16(14(7-12)10-18-2)20-11-13-5-6-19-15(8-13)9-17/h3-8,18H,10-11H2,1-2H3. The third-order valence-corrected chi connectivity index (χ3v) is 2.92. The summed E-state index contributed by atoms with van der Waals surface area (Å²) in [4.78, 5) is 3.94. The molecule has 1 aromatic carbocycles. The minimum absolute atomic E-state index is 0.408. The van der Waals surface area contributed by atoms with Gasteiger partial charge in [0, 0.05) is 18.3 Å². The van der Waals surface area contributed by atoms with Gasteiger partial charge in [-0.3, -0.25) is 0 Å². The molecule has 0 radical (unpaired) electrons. The van der Waals surface area contributed by atoms with Gasteiger partial charge < -0.3 is 10.1 Å². The van der Waals surface area contributed by atoms with Gasteiger partial charge >= 0.3 is 0 Å². The van der Waals surface area contributed by atoms with E-state index >= 15 is 0 Å². The number of pyridine rings is 1. The maximum Gasteiger partial charge on any atom is 0.140 e. The molecular weight excluding hydrogens is 250 g/mol. The number of hydrogen-bond donors (Lipinski definition) is 1. The van der Waals surface area contributed by atoms with E-state index in [-0.39, 0.29) is 0 Å². The molecule has 0 bridgehead atoms. The molecule has 1 aromatic heterocycles. The second kappa shape index (κ2) is 6.69. The van der Waals surface area contributed by atoms with E-state index in [2.05, 4.69) is 23.3 Å². The second-order valence-electron chi connectivity index (χ2n) is 4.59. The van der Waals surface area contributed by atoms with Crippen LogP contribution in [-0.4, -0.2) is 12.0 Å². The molecule has 2 aromatic rings. The van der Waals surface area contributed by atoms with Crippen LogP contribution in [0.1, 0.15) is 22.4 Å². The SMILES string of the molecule is CNCc1cc(C)ccc1OCc1ccnc(C#N)c1. The Bertz CT molecular complexity index is 632. The molecule has 0 unspecified atom stereocenters. The second-order valence-corrected chi connectivity index (χ2v) is 4.59. The number of aromatic nitrogens is 1. The first-order valence-electron chi connectivity index (χ1n) is 6.45. The van der Waals surface area contributed by atoms with Gasteiger partial charge in [-0.05, 0) is 37.7 Å². The highest BCUT2D eigenvalue weighted by molar-refractivity contribution is 5.37. The van der Waals surface area contributed by atoms with E-state index in [9.17, 15) is 0 Å². The first kappa shape index (κ1) is 14.0. The molecule has 0 amide bonds. The van der Waals surface area contributed by atoms with Crippen molar-refractivity contribution in [3.05, 3.63) is 58.9 Å². The first-order valence-corrected chi connectivity index (χ1v) is 6.45. The Kier molecular flexibility index (Phi) is 4.70. The van der Waals surface area contributed by atoms with Crippen molar-refractivity contribution in [2.45, 2.75) is 20.1 Å². The minimum Gasteiger partial charge on any atom is -0.489 e. The van der Waals surface area contributed by atoms with Crippen molar-refractivity contribution in [3.8, 4) is 11.8 Å². The van der Waals surface area contributed by atoms with Gasteiger partial charge in [0.05, 0.1) is 0 Å². The Morgan fingerprint density at radius 1 is 1.30 bits per heavy atom. The molecule has 0 aliphatic heterocycles. The zero-order valence-corrected chi connectivity index (χ0v) is 11.7. The van der Waals surface area contributed by atoms with Crippen molar-refractivity contribution in [2.75, 3.05) is 7.05 Å². The first-order chi connectivity index (χ1) is 9.72. The summed E-state index contributed by atoms with van der Waals surface area (Å²) >= 11 is 0. The summed E-state index contributed by atoms with van der Waals surface area (Å²) in [6, 6.07) is 11.7. The number of nitriles is 1. The fourth-order valence-corrected chi connectivity index (χ4v) is 1.96. The third-order valence-electron chi connectivity index (χ3n) is 2.92. The minimum atomic E-state index is 0.408. The van der Waals surface area contributed by atoms with Crippen LogP contribution in [0.25, 0.3) is 0 Å². The lowest BCUT2D eigenvalue weighted by Gasteiger charge is -2.12. The molecule has 4 heteroatoms. The summed E-state index contributed by atoms with van der Waals surface area (Å²) in [6.07, 6.45) is 1.63. The van der Waals surface area contributed by atoms with Crippen LogP contribution in [0.15, 0.2) is 36.5 Å². The summed E-state index contributed by atoms with van der Waals surface area (Å²) in [7, 11) is 1.91. The molecule has 1 heterocycles. The van der Waals surface area contributed by atoms with Crippen molar-refractivity contribution in [1.29, 1.82) is 5.26 Å². The average Bonchev–Trinajstić information content (AvgIpc) is 2.47. The van der Waals surface area contributed by atoms with E-state index in [1.54, 1.807) is 12.3 Å². The lowest BCUT2D eigenvalue weighted by molar-refractivity contribution is 0.302. The van der Waals surface area contributed by atoms with E-state index in [0.717, 1.165) is 23.4 Å². The monoisotopic (exact) mass is 267 g/mol. The summed E-state index contributed by atoms with van der Waals surface area (Å²) in [6.45, 7) is 3.25. The van der Waals surface area contributed by atoms with E-state index in [0.29, 0.717) is 12.3 Å². The Morgan fingerprint density at radius 2 is 2.15 bits per heavy atom. The molecule has 4 nitrogen and oxygen atoms in total. The number of rotatable bonds is 5. The third kappa shape index (κ3) is 3.56. The van der Waals surface area contributed by atoms with Gasteiger partial charge in [-0.25, -0.2) is 4.98 Å². The van der Waals surface area contributed by atoms with Crippen molar-refractivity contribution in [2.24, 2.45) is 0 Å². The zero-order valence-electron chi connectivity index (χ0n) is 11.7. The largest absolute Gasteiger partial charge is 0.489 e. The summed E-state index contributed by atoms with van der Waals surface area (Å²) in [5, 5.41) is 12.0. The Labute approximate surface area is 119 Å². The molecule has 0 atom stereocenters. The zero-order chi connectivity index (χ0) is 14.4. The van der Waals surface area contributed by atoms with Crippen molar-refractivity contribution in [3.63, 3.8) is 0 Å². The van der Waals surface area contributed by atoms with Crippen LogP contribution in [0.3, 0.4) is 0 Å². The van der Waals surface area contributed by atoms with Gasteiger partial charge in [0.1, 0.15) is 24.1 Å². The van der Waals surface area contributed by atoms with E-state index in [1.165, 1.54) is 5.56 Å². The number of ether oxygens (including phenoxy) is 1. The lowest BCUT2D eigenvalue weighted by atomic mass is 10.1. The number of benzene rings is 1. The van der Waals surface area contributed by atoms with E-state index in [1.807, 2.05) is 31.3 Å². The average molecular weight is 267 g/mol. The van der Waals surface area contributed by atoms with Crippen LogP contribution in [0.5, 0.6) is 5.75 Å². The Hall–Kier alpha value is -2.38. The van der Waals surface area contributed by atoms with Crippen molar-refractivity contribution < 1.29 is 4.74 Å². The molecule has 2 rings (SSSR count). The molecular formula is C16H17N3O. The van der Waals surface area contributed by atoms with Gasteiger partial charge in [0.15, 0.2) is 0 Å². The molecule has 0 saturated heterocycles. The Balaban J connectivity index is 2.12. The lowest BCUT2D eigenvalue weighted by Crippen LogP contribution is -2.08. The number of hydrogen-bond acceptors (Lipinski definition) is 4. The summed E-state index contributed by atoms with van der Waals surface area (Å²) in [5.74, 6) is 0.861. The normalized spacial score (nSPS) is 10.1. The predicted molar refractivity (Wildman–Crippen MR) is 77.2 cm³/mol. The van der Waals surface area contributed by atoms with Crippen LogP contribution < -0.4 is 10.1 Å². The number of nitrogens with one attached hydrogen (secondary N) is 1. The van der Waals surface area contributed by atoms with Gasteiger partial charge in [-0.2, -0.15) is 5.26 Å². The van der Waals surface area contributed by atoms with Crippen LogP contribution in [0, 0.1) is 18.3 Å². The molecule has 102 valence electrons. The maximum atomic E-state index is 8.83. The maximum absolute atomic E-state index is 8.83. The topological polar surface area (TPSA) is 57.9 Å². The van der Waals surface area contributed by atoms with Gasteiger partial charge in [-0.15, -0.1) is 0 Å². The fourth-order valence-electron chi connectivity index (χ4n) is 1.96. The van der Waals surface area contributed by atoms with Crippen LogP contribution in [-0.2, 0) is 13.2 Å². The highest BCUT2D eigenvalue weighted by Gasteiger charge is 2.04. The molecule has 0 spiro atoms. The molecule has 20 heavy (non-hydrogen) atoms. The highest BCUT2D eigenvalue weighted by Crippen LogP contribution is 2.21. The van der Waals surface area contributed by atoms with Gasteiger partial charge in [0.2, 0.25) is 0 Å². The fraction of sp³-hybridized carbons (Fsp3) is 0.250. The van der Waals surface area contributed by atoms with Crippen molar-refractivity contribution in [1.82, 2.24) is 10.3 Å². The van der Waals surface area contributed by atoms with E-state index < -0.39 is 0 Å². The van der Waals surface area contributed by atoms with Crippen LogP contribution in [0.4, 0.5) is 0 Å². The van der Waals surface area contributed by atoms with Crippen molar-refractivity contribution >= 4 is 0 Å². The van der Waals surface area contributed by atoms with Crippen LogP contribution >= 0.6 is 0 Å². The predicted octanol–water partition coefficient (Wildman–Crippen LogP) is 2.56. The number of nitrogens with zero attached hydrogens (tertiary/aromatic N) is 2. The molecule has 0 aliphatic carbocycles. The molecule has 1 N–H and O–H groups in total. The van der Waals surface area contributed by atoms with Crippen LogP contribution in [0.2, 0.25) is 0 Å². The highest BCUT2D eigenvalue weighted by atomic mass is 16.5. The summed E-state index contributed by atoms with van der Waals surface area (Å²) < 4.78 is 5.85. The Morgan fingerprint density at radius 3 is 2.90 bits per heavy atom. The molecule has 0 saturated carbocycles. The smallest absolute Gasteiger partial charge is 0.140 e. The molecule has 0 fully saturated rings. The van der Waals surface area contributed by atoms with Gasteiger partial charge in [0.25, 0.3) is 0 Å². The molecule has 0 aliphatic rings. The number of aryl methyl sites for hydroxylation is 1. The quantitative estimate of drug-likeness (QED) is 0.904. The van der Waals surface area contributed by atoms with E-state index in [4.69, 9.17) is 10.00 Å². The summed E-state index contributed by atoms with van der Waals surface area (Å²) in [5.41, 5.74) is 3.68. The van der Waals surface area contributed by atoms with Gasteiger partial charge in [-0.1, -0.05) is 17.7 Å².